The summed E-state index contributed by atoms with van der Waals surface area (Å²) in [6.07, 6.45) is 3.33. The molecule has 0 aliphatic heterocycles. The largest absolute Gasteiger partial charge is 0.469 e. The number of aliphatic hydroxyl groups excluding tert-OH is 1. The molecular formula is C10H20O3. The van der Waals surface area contributed by atoms with Crippen molar-refractivity contribution in [3.8, 4) is 0 Å². The highest BCUT2D eigenvalue weighted by Gasteiger charge is 2.21. The van der Waals surface area contributed by atoms with Crippen molar-refractivity contribution >= 4 is 5.97 Å². The first-order valence-corrected chi connectivity index (χ1v) is 4.89. The summed E-state index contributed by atoms with van der Waals surface area (Å²) in [5.74, 6) is -0.731. The van der Waals surface area contributed by atoms with Gasteiger partial charge < -0.3 is 9.84 Å². The molecule has 0 aromatic carbocycles. The molecule has 0 fully saturated rings. The zero-order valence-electron chi connectivity index (χ0n) is 8.75. The van der Waals surface area contributed by atoms with E-state index in [1.54, 1.807) is 6.92 Å². The first-order chi connectivity index (χ1) is 6.13. The smallest absolute Gasteiger partial charge is 0.311 e. The van der Waals surface area contributed by atoms with E-state index in [4.69, 9.17) is 0 Å². The van der Waals surface area contributed by atoms with Gasteiger partial charge in [-0.1, -0.05) is 26.2 Å². The lowest BCUT2D eigenvalue weighted by Crippen LogP contribution is -2.26. The van der Waals surface area contributed by atoms with Crippen LogP contribution < -0.4 is 0 Å². The number of ether oxygens (including phenoxy) is 1. The molecule has 0 unspecified atom stereocenters. The molecule has 0 rings (SSSR count). The first kappa shape index (κ1) is 12.4. The van der Waals surface area contributed by atoms with E-state index in [1.807, 2.05) is 0 Å². The highest BCUT2D eigenvalue weighted by Crippen LogP contribution is 2.12. The predicted octanol–water partition coefficient (Wildman–Crippen LogP) is 1.74. The van der Waals surface area contributed by atoms with Crippen LogP contribution in [-0.2, 0) is 9.53 Å². The second-order valence-electron chi connectivity index (χ2n) is 3.37. The van der Waals surface area contributed by atoms with Gasteiger partial charge >= 0.3 is 5.97 Å². The number of carbonyl (C=O) groups is 1. The fraction of sp³-hybridized carbons (Fsp3) is 0.900. The van der Waals surface area contributed by atoms with Crippen LogP contribution in [-0.4, -0.2) is 24.3 Å². The Labute approximate surface area is 80.1 Å². The molecule has 0 spiro atoms. The van der Waals surface area contributed by atoms with Crippen LogP contribution in [0.2, 0.25) is 0 Å². The standard InChI is InChI=1S/C10H20O3/c1-4-5-6-7-9(11)8(2)10(12)13-3/h8-9,11H,4-7H2,1-3H3/t8-,9-/m1/s1. The molecule has 78 valence electrons. The normalized spacial score (nSPS) is 15.1. The van der Waals surface area contributed by atoms with E-state index in [-0.39, 0.29) is 5.97 Å². The third-order valence-electron chi connectivity index (χ3n) is 2.25. The maximum absolute atomic E-state index is 11.0. The number of esters is 1. The summed E-state index contributed by atoms with van der Waals surface area (Å²) >= 11 is 0. The fourth-order valence-electron chi connectivity index (χ4n) is 1.20. The number of hydrogen-bond donors (Lipinski definition) is 1. The van der Waals surface area contributed by atoms with E-state index >= 15 is 0 Å². The Bertz CT molecular complexity index is 145. The van der Waals surface area contributed by atoms with E-state index < -0.39 is 12.0 Å². The Balaban J connectivity index is 3.68. The van der Waals surface area contributed by atoms with Crippen LogP contribution in [0.4, 0.5) is 0 Å². The summed E-state index contributed by atoms with van der Waals surface area (Å²) in [6.45, 7) is 3.80. The van der Waals surface area contributed by atoms with Gasteiger partial charge in [-0.05, 0) is 13.3 Å². The van der Waals surface area contributed by atoms with Crippen LogP contribution in [0.1, 0.15) is 39.5 Å². The SMILES string of the molecule is CCCCC[C@@H](O)[C@@H](C)C(=O)OC. The average Bonchev–Trinajstić information content (AvgIpc) is 2.15. The lowest BCUT2D eigenvalue weighted by molar-refractivity contribution is -0.148. The molecule has 2 atom stereocenters. The van der Waals surface area contributed by atoms with Crippen molar-refractivity contribution in [1.82, 2.24) is 0 Å². The van der Waals surface area contributed by atoms with Crippen LogP contribution in [0, 0.1) is 5.92 Å². The van der Waals surface area contributed by atoms with E-state index in [0.717, 1.165) is 19.3 Å². The number of methoxy groups -OCH3 is 1. The Morgan fingerprint density at radius 2 is 2.08 bits per heavy atom. The van der Waals surface area contributed by atoms with Crippen molar-refractivity contribution in [1.29, 1.82) is 0 Å². The van der Waals surface area contributed by atoms with E-state index in [0.29, 0.717) is 6.42 Å². The summed E-state index contributed by atoms with van der Waals surface area (Å²) in [5, 5.41) is 9.55. The molecule has 0 aliphatic rings. The summed E-state index contributed by atoms with van der Waals surface area (Å²) in [5.41, 5.74) is 0. The topological polar surface area (TPSA) is 46.5 Å². The van der Waals surface area contributed by atoms with E-state index in [9.17, 15) is 9.90 Å². The lowest BCUT2D eigenvalue weighted by Gasteiger charge is -2.15. The van der Waals surface area contributed by atoms with Crippen LogP contribution >= 0.6 is 0 Å². The third-order valence-corrected chi connectivity index (χ3v) is 2.25. The molecule has 1 N–H and O–H groups in total. The molecule has 0 radical (unpaired) electrons. The minimum Gasteiger partial charge on any atom is -0.469 e. The lowest BCUT2D eigenvalue weighted by atomic mass is 9.99. The van der Waals surface area contributed by atoms with Crippen molar-refractivity contribution in [2.24, 2.45) is 5.92 Å². The fourth-order valence-corrected chi connectivity index (χ4v) is 1.20. The second-order valence-corrected chi connectivity index (χ2v) is 3.37. The zero-order valence-corrected chi connectivity index (χ0v) is 8.75. The maximum Gasteiger partial charge on any atom is 0.311 e. The van der Waals surface area contributed by atoms with Crippen molar-refractivity contribution in [2.45, 2.75) is 45.6 Å². The van der Waals surface area contributed by atoms with Gasteiger partial charge in [0.1, 0.15) is 0 Å². The van der Waals surface area contributed by atoms with Gasteiger partial charge in [0.25, 0.3) is 0 Å². The molecule has 13 heavy (non-hydrogen) atoms. The molecule has 0 aliphatic carbocycles. The summed E-state index contributed by atoms with van der Waals surface area (Å²) in [4.78, 5) is 11.0. The van der Waals surface area contributed by atoms with Crippen LogP contribution in [0.3, 0.4) is 0 Å². The highest BCUT2D eigenvalue weighted by molar-refractivity contribution is 5.72. The third kappa shape index (κ3) is 4.88. The Hall–Kier alpha value is -0.570. The summed E-state index contributed by atoms with van der Waals surface area (Å²) in [6, 6.07) is 0. The zero-order chi connectivity index (χ0) is 10.3. The van der Waals surface area contributed by atoms with E-state index in [2.05, 4.69) is 11.7 Å². The Morgan fingerprint density at radius 1 is 1.46 bits per heavy atom. The average molecular weight is 188 g/mol. The highest BCUT2D eigenvalue weighted by atomic mass is 16.5. The van der Waals surface area contributed by atoms with Gasteiger partial charge in [-0.3, -0.25) is 4.79 Å². The minimum atomic E-state index is -0.556. The van der Waals surface area contributed by atoms with Gasteiger partial charge in [0, 0.05) is 0 Å². The summed E-state index contributed by atoms with van der Waals surface area (Å²) in [7, 11) is 1.34. The predicted molar refractivity (Wildman–Crippen MR) is 51.3 cm³/mol. The van der Waals surface area contributed by atoms with Gasteiger partial charge in [0.05, 0.1) is 19.1 Å². The van der Waals surface area contributed by atoms with Gasteiger partial charge in [-0.15, -0.1) is 0 Å². The summed E-state index contributed by atoms with van der Waals surface area (Å²) < 4.78 is 4.54. The van der Waals surface area contributed by atoms with Gasteiger partial charge in [-0.2, -0.15) is 0 Å². The van der Waals surface area contributed by atoms with Crippen molar-refractivity contribution in [3.63, 3.8) is 0 Å². The van der Waals surface area contributed by atoms with Crippen molar-refractivity contribution in [2.75, 3.05) is 7.11 Å². The number of rotatable bonds is 6. The molecule has 0 saturated carbocycles. The van der Waals surface area contributed by atoms with Gasteiger partial charge in [-0.25, -0.2) is 0 Å². The number of carbonyl (C=O) groups excluding carboxylic acids is 1. The van der Waals surface area contributed by atoms with Crippen LogP contribution in [0.15, 0.2) is 0 Å². The molecule has 0 amide bonds. The van der Waals surface area contributed by atoms with Crippen molar-refractivity contribution in [3.05, 3.63) is 0 Å². The first-order valence-electron chi connectivity index (χ1n) is 4.89. The van der Waals surface area contributed by atoms with Gasteiger partial charge in [0.2, 0.25) is 0 Å². The number of aliphatic hydroxyl groups is 1. The molecular weight excluding hydrogens is 168 g/mol. The quantitative estimate of drug-likeness (QED) is 0.510. The van der Waals surface area contributed by atoms with Crippen LogP contribution in [0.5, 0.6) is 0 Å². The number of unbranched alkanes of at least 4 members (excludes halogenated alkanes) is 2. The molecule has 0 bridgehead atoms. The van der Waals surface area contributed by atoms with Gasteiger partial charge in [0.15, 0.2) is 0 Å². The Morgan fingerprint density at radius 3 is 2.54 bits per heavy atom. The molecule has 0 aromatic heterocycles. The monoisotopic (exact) mass is 188 g/mol. The van der Waals surface area contributed by atoms with E-state index in [1.165, 1.54) is 7.11 Å². The Kier molecular flexibility index (Phi) is 6.59. The molecule has 3 nitrogen and oxygen atoms in total. The molecule has 0 aromatic rings. The number of hydrogen-bond acceptors (Lipinski definition) is 3. The molecule has 0 saturated heterocycles. The van der Waals surface area contributed by atoms with Crippen LogP contribution in [0.25, 0.3) is 0 Å². The second kappa shape index (κ2) is 6.89. The van der Waals surface area contributed by atoms with Crippen molar-refractivity contribution < 1.29 is 14.6 Å². The molecule has 3 heteroatoms. The molecule has 0 heterocycles. The maximum atomic E-state index is 11.0. The minimum absolute atomic E-state index is 0.330.